The summed E-state index contributed by atoms with van der Waals surface area (Å²) < 4.78 is 5.22. The lowest BCUT2D eigenvalue weighted by Gasteiger charge is -2.07. The lowest BCUT2D eigenvalue weighted by atomic mass is 10.0. The molecule has 142 valence electrons. The van der Waals surface area contributed by atoms with Gasteiger partial charge in [-0.05, 0) is 60.7 Å². The number of nitrogens with one attached hydrogen (secondary N) is 1. The van der Waals surface area contributed by atoms with Crippen LogP contribution in [0.25, 0.3) is 11.0 Å². The summed E-state index contributed by atoms with van der Waals surface area (Å²) in [6, 6.07) is 21.4. The maximum Gasteiger partial charge on any atom is 0.347 e. The van der Waals surface area contributed by atoms with Gasteiger partial charge in [-0.15, -0.1) is 0 Å². The summed E-state index contributed by atoms with van der Waals surface area (Å²) in [5.74, 6) is -0.724. The number of carbonyl (C=O) groups is 2. The van der Waals surface area contributed by atoms with E-state index in [2.05, 4.69) is 5.32 Å². The molecule has 0 spiro atoms. The first kappa shape index (κ1) is 18.7. The Hall–Kier alpha value is -3.70. The number of halogens is 1. The van der Waals surface area contributed by atoms with Crippen LogP contribution in [-0.2, 0) is 0 Å². The molecule has 29 heavy (non-hydrogen) atoms. The van der Waals surface area contributed by atoms with Gasteiger partial charge in [0.25, 0.3) is 5.91 Å². The molecule has 0 saturated carbocycles. The molecular formula is C23H14ClNO4. The molecule has 0 fully saturated rings. The highest BCUT2D eigenvalue weighted by Gasteiger charge is 2.16. The maximum atomic E-state index is 12.8. The Morgan fingerprint density at radius 2 is 1.55 bits per heavy atom. The number of hydrogen-bond acceptors (Lipinski definition) is 4. The summed E-state index contributed by atoms with van der Waals surface area (Å²) in [6.45, 7) is 0. The molecule has 1 aromatic heterocycles. The van der Waals surface area contributed by atoms with Crippen molar-refractivity contribution in [3.8, 4) is 0 Å². The molecule has 6 heteroatoms. The fourth-order valence-corrected chi connectivity index (χ4v) is 3.09. The van der Waals surface area contributed by atoms with E-state index in [1.807, 2.05) is 6.07 Å². The Morgan fingerprint density at radius 1 is 0.828 bits per heavy atom. The molecule has 4 aromatic rings. The fourth-order valence-electron chi connectivity index (χ4n) is 2.91. The topological polar surface area (TPSA) is 76.4 Å². The van der Waals surface area contributed by atoms with Crippen LogP contribution in [0.2, 0.25) is 5.02 Å². The summed E-state index contributed by atoms with van der Waals surface area (Å²) in [4.78, 5) is 37.2. The second-order valence-corrected chi connectivity index (χ2v) is 6.79. The zero-order chi connectivity index (χ0) is 20.4. The van der Waals surface area contributed by atoms with Gasteiger partial charge in [-0.1, -0.05) is 29.8 Å². The Kier molecular flexibility index (Phi) is 4.97. The number of anilines is 1. The molecule has 0 radical (unpaired) electrons. The minimum absolute atomic E-state index is 0.0826. The summed E-state index contributed by atoms with van der Waals surface area (Å²) in [5, 5.41) is 3.80. The van der Waals surface area contributed by atoms with Crippen LogP contribution in [-0.4, -0.2) is 11.7 Å². The highest BCUT2D eigenvalue weighted by molar-refractivity contribution is 6.31. The summed E-state index contributed by atoms with van der Waals surface area (Å²) in [5.41, 5.74) is 0.922. The average molecular weight is 404 g/mol. The van der Waals surface area contributed by atoms with Crippen molar-refractivity contribution in [1.29, 1.82) is 0 Å². The van der Waals surface area contributed by atoms with E-state index in [0.717, 1.165) is 0 Å². The predicted molar refractivity (Wildman–Crippen MR) is 112 cm³/mol. The smallest absolute Gasteiger partial charge is 0.347 e. The van der Waals surface area contributed by atoms with Crippen molar-refractivity contribution in [3.05, 3.63) is 111 Å². The van der Waals surface area contributed by atoms with Crippen LogP contribution in [0.5, 0.6) is 0 Å². The molecule has 4 rings (SSSR count). The Morgan fingerprint density at radius 3 is 2.28 bits per heavy atom. The molecule has 1 heterocycles. The van der Waals surface area contributed by atoms with Gasteiger partial charge < -0.3 is 9.73 Å². The van der Waals surface area contributed by atoms with Gasteiger partial charge in [0, 0.05) is 27.2 Å². The third kappa shape index (κ3) is 3.95. The predicted octanol–water partition coefficient (Wildman–Crippen LogP) is 4.93. The summed E-state index contributed by atoms with van der Waals surface area (Å²) >= 11 is 5.97. The van der Waals surface area contributed by atoms with Crippen LogP contribution >= 0.6 is 11.6 Å². The van der Waals surface area contributed by atoms with Crippen LogP contribution in [0.1, 0.15) is 26.3 Å². The van der Waals surface area contributed by atoms with Crippen LogP contribution in [0.4, 0.5) is 5.69 Å². The summed E-state index contributed by atoms with van der Waals surface area (Å²) in [6.07, 6.45) is 0. The van der Waals surface area contributed by atoms with E-state index in [1.54, 1.807) is 66.7 Å². The standard InChI is InChI=1S/C23H14ClNO4/c24-17-8-11-20-16(12-17)13-19(23(28)29-20)21(26)14-6-9-18(10-7-14)25-22(27)15-4-2-1-3-5-15/h1-13H,(H,25,27). The van der Waals surface area contributed by atoms with E-state index < -0.39 is 11.4 Å². The lowest BCUT2D eigenvalue weighted by Crippen LogP contribution is -2.15. The first-order valence-electron chi connectivity index (χ1n) is 8.76. The molecule has 0 aliphatic carbocycles. The maximum absolute atomic E-state index is 12.8. The molecule has 3 aromatic carbocycles. The van der Waals surface area contributed by atoms with E-state index >= 15 is 0 Å². The zero-order valence-corrected chi connectivity index (χ0v) is 15.8. The number of rotatable bonds is 4. The summed E-state index contributed by atoms with van der Waals surface area (Å²) in [7, 11) is 0. The second kappa shape index (κ2) is 7.73. The molecule has 0 bridgehead atoms. The Bertz CT molecular complexity index is 1280. The monoisotopic (exact) mass is 403 g/mol. The first-order chi connectivity index (χ1) is 14.0. The van der Waals surface area contributed by atoms with Gasteiger partial charge in [0.15, 0.2) is 5.78 Å². The fraction of sp³-hybridized carbons (Fsp3) is 0. The minimum atomic E-state index is -0.716. The van der Waals surface area contributed by atoms with E-state index in [0.29, 0.717) is 32.8 Å². The number of amides is 1. The van der Waals surface area contributed by atoms with Gasteiger partial charge in [0.2, 0.25) is 0 Å². The molecule has 0 atom stereocenters. The molecule has 1 N–H and O–H groups in total. The van der Waals surface area contributed by atoms with Crippen LogP contribution < -0.4 is 10.9 Å². The van der Waals surface area contributed by atoms with Gasteiger partial charge in [0.1, 0.15) is 11.1 Å². The molecule has 0 aliphatic rings. The number of benzene rings is 3. The highest BCUT2D eigenvalue weighted by Crippen LogP contribution is 2.20. The van der Waals surface area contributed by atoms with Crippen molar-refractivity contribution < 1.29 is 14.0 Å². The molecule has 0 aliphatic heterocycles. The molecule has 5 nitrogen and oxygen atoms in total. The highest BCUT2D eigenvalue weighted by atomic mass is 35.5. The zero-order valence-electron chi connectivity index (χ0n) is 15.0. The average Bonchev–Trinajstić information content (AvgIpc) is 2.74. The Balaban J connectivity index is 1.58. The van der Waals surface area contributed by atoms with Crippen molar-refractivity contribution >= 4 is 39.9 Å². The van der Waals surface area contributed by atoms with E-state index in [9.17, 15) is 14.4 Å². The van der Waals surface area contributed by atoms with E-state index in [4.69, 9.17) is 16.0 Å². The van der Waals surface area contributed by atoms with Gasteiger partial charge in [0.05, 0.1) is 0 Å². The molecule has 0 unspecified atom stereocenters. The van der Waals surface area contributed by atoms with Crippen LogP contribution in [0.3, 0.4) is 0 Å². The quantitative estimate of drug-likeness (QED) is 0.387. The minimum Gasteiger partial charge on any atom is -0.422 e. The molecular weight excluding hydrogens is 390 g/mol. The number of fused-ring (bicyclic) bond motifs is 1. The molecule has 0 saturated heterocycles. The first-order valence-corrected chi connectivity index (χ1v) is 9.14. The number of hydrogen-bond donors (Lipinski definition) is 1. The van der Waals surface area contributed by atoms with Crippen molar-refractivity contribution in [2.24, 2.45) is 0 Å². The van der Waals surface area contributed by atoms with Crippen LogP contribution in [0, 0.1) is 0 Å². The van der Waals surface area contributed by atoms with Crippen molar-refractivity contribution in [2.45, 2.75) is 0 Å². The normalized spacial score (nSPS) is 10.7. The van der Waals surface area contributed by atoms with Crippen molar-refractivity contribution in [1.82, 2.24) is 0 Å². The van der Waals surface area contributed by atoms with Gasteiger partial charge >= 0.3 is 5.63 Å². The largest absolute Gasteiger partial charge is 0.422 e. The van der Waals surface area contributed by atoms with E-state index in [1.165, 1.54) is 6.07 Å². The number of carbonyl (C=O) groups excluding carboxylic acids is 2. The van der Waals surface area contributed by atoms with E-state index in [-0.39, 0.29) is 11.5 Å². The SMILES string of the molecule is O=C(Nc1ccc(C(=O)c2cc3cc(Cl)ccc3oc2=O)cc1)c1ccccc1. The van der Waals surface area contributed by atoms with Crippen molar-refractivity contribution in [3.63, 3.8) is 0 Å². The third-order valence-corrected chi connectivity index (χ3v) is 4.61. The van der Waals surface area contributed by atoms with Gasteiger partial charge in [-0.2, -0.15) is 0 Å². The Labute approximate surface area is 170 Å². The number of ketones is 1. The molecule has 1 amide bonds. The van der Waals surface area contributed by atoms with Crippen molar-refractivity contribution in [2.75, 3.05) is 5.32 Å². The van der Waals surface area contributed by atoms with Gasteiger partial charge in [-0.3, -0.25) is 9.59 Å². The van der Waals surface area contributed by atoms with Crippen LogP contribution in [0.15, 0.2) is 88.1 Å². The lowest BCUT2D eigenvalue weighted by molar-refractivity contribution is 0.102. The second-order valence-electron chi connectivity index (χ2n) is 6.36. The van der Waals surface area contributed by atoms with Gasteiger partial charge in [-0.25, -0.2) is 4.79 Å². The third-order valence-electron chi connectivity index (χ3n) is 4.38.